The first-order valence-electron chi connectivity index (χ1n) is 13.1. The van der Waals surface area contributed by atoms with Crippen LogP contribution in [0.25, 0.3) is 11.2 Å². The number of aliphatic hydroxyl groups is 1. The van der Waals surface area contributed by atoms with Crippen molar-refractivity contribution in [3.05, 3.63) is 114 Å². The molecule has 0 amide bonds. The predicted molar refractivity (Wildman–Crippen MR) is 153 cm³/mol. The van der Waals surface area contributed by atoms with Gasteiger partial charge in [-0.2, -0.15) is 0 Å². The van der Waals surface area contributed by atoms with Crippen LogP contribution in [-0.4, -0.2) is 59.0 Å². The molecule has 0 aliphatic carbocycles. The van der Waals surface area contributed by atoms with Crippen LogP contribution in [-0.2, 0) is 15.1 Å². The van der Waals surface area contributed by atoms with E-state index < -0.39 is 12.0 Å². The zero-order valence-electron chi connectivity index (χ0n) is 22.8. The average molecular weight is 540 g/mol. The Hall–Kier alpha value is -4.31. The molecule has 0 aliphatic heterocycles. The van der Waals surface area contributed by atoms with E-state index in [4.69, 9.17) is 14.2 Å². The number of aromatic nitrogens is 4. The van der Waals surface area contributed by atoms with Crippen LogP contribution < -0.4 is 9.64 Å². The van der Waals surface area contributed by atoms with Gasteiger partial charge in [0.25, 0.3) is 0 Å². The van der Waals surface area contributed by atoms with Crippen molar-refractivity contribution in [1.82, 2.24) is 19.5 Å². The van der Waals surface area contributed by atoms with Gasteiger partial charge in [0.2, 0.25) is 6.41 Å². The predicted octanol–water partition coefficient (Wildman–Crippen LogP) is 4.76. The van der Waals surface area contributed by atoms with Gasteiger partial charge < -0.3 is 24.2 Å². The van der Waals surface area contributed by atoms with Crippen molar-refractivity contribution in [3.63, 3.8) is 0 Å². The van der Waals surface area contributed by atoms with Crippen LogP contribution in [0.1, 0.15) is 29.5 Å². The van der Waals surface area contributed by atoms with Crippen molar-refractivity contribution >= 4 is 17.0 Å². The van der Waals surface area contributed by atoms with Crippen LogP contribution in [0.4, 0.5) is 5.82 Å². The second-order valence-corrected chi connectivity index (χ2v) is 9.46. The van der Waals surface area contributed by atoms with Crippen LogP contribution in [0.2, 0.25) is 0 Å². The molecular weight excluding hydrogens is 506 g/mol. The van der Waals surface area contributed by atoms with Crippen molar-refractivity contribution in [2.24, 2.45) is 0 Å². The fraction of sp³-hybridized carbons (Fsp3) is 0.258. The number of hydrogen-bond acceptors (Lipinski definition) is 8. The van der Waals surface area contributed by atoms with Crippen molar-refractivity contribution in [2.45, 2.75) is 18.4 Å². The number of aliphatic hydroxyl groups excluding tert-OH is 1. The average Bonchev–Trinajstić information content (AvgIpc) is 3.44. The van der Waals surface area contributed by atoms with E-state index in [2.05, 4.69) is 39.2 Å². The van der Waals surface area contributed by atoms with E-state index in [-0.39, 0.29) is 6.61 Å². The van der Waals surface area contributed by atoms with E-state index in [0.717, 1.165) is 22.4 Å². The minimum absolute atomic E-state index is 0.259. The Morgan fingerprint density at radius 1 is 0.825 bits per heavy atom. The molecule has 206 valence electrons. The number of ether oxygens (including phenoxy) is 3. The highest BCUT2D eigenvalue weighted by atomic mass is 16.6. The minimum atomic E-state index is -1.25. The molecule has 0 saturated carbocycles. The Bertz CT molecular complexity index is 1470. The Morgan fingerprint density at radius 2 is 1.45 bits per heavy atom. The third-order valence-corrected chi connectivity index (χ3v) is 6.73. The summed E-state index contributed by atoms with van der Waals surface area (Å²) in [5.74, 6) is 1.44. The first-order chi connectivity index (χ1) is 19.5. The second kappa shape index (κ2) is 12.3. The summed E-state index contributed by atoms with van der Waals surface area (Å²) in [5.41, 5.74) is 3.23. The normalized spacial score (nSPS) is 12.4. The zero-order valence-corrected chi connectivity index (χ0v) is 22.8. The molecule has 9 heteroatoms. The van der Waals surface area contributed by atoms with E-state index in [1.807, 2.05) is 79.7 Å². The third kappa shape index (κ3) is 5.40. The number of nitrogens with zero attached hydrogens (tertiary/aromatic N) is 5. The highest BCUT2D eigenvalue weighted by Gasteiger charge is 2.37. The SMILES string of the molecule is COc1ccc(C(OCCCOC(O)n2cnc3c(N(C)C)ncnc32)(c2ccccc2)c2ccccc2)cc1. The van der Waals surface area contributed by atoms with Crippen LogP contribution in [0.5, 0.6) is 5.75 Å². The van der Waals surface area contributed by atoms with Gasteiger partial charge in [-0.05, 0) is 35.2 Å². The van der Waals surface area contributed by atoms with Gasteiger partial charge >= 0.3 is 0 Å². The van der Waals surface area contributed by atoms with Gasteiger partial charge in [-0.1, -0.05) is 72.8 Å². The summed E-state index contributed by atoms with van der Waals surface area (Å²) in [6, 6.07) is 28.3. The number of methoxy groups -OCH3 is 1. The summed E-state index contributed by atoms with van der Waals surface area (Å²) >= 11 is 0. The lowest BCUT2D eigenvalue weighted by atomic mass is 9.80. The molecule has 0 bridgehead atoms. The largest absolute Gasteiger partial charge is 0.497 e. The highest BCUT2D eigenvalue weighted by Crippen LogP contribution is 2.41. The lowest BCUT2D eigenvalue weighted by Gasteiger charge is -2.36. The molecule has 3 aromatic carbocycles. The van der Waals surface area contributed by atoms with E-state index in [1.165, 1.54) is 17.2 Å². The number of anilines is 1. The molecular formula is C31H33N5O4. The number of rotatable bonds is 12. The first-order valence-corrected chi connectivity index (χ1v) is 13.1. The Labute approximate surface area is 233 Å². The van der Waals surface area contributed by atoms with Gasteiger partial charge in [0.05, 0.1) is 20.3 Å². The van der Waals surface area contributed by atoms with E-state index in [0.29, 0.717) is 30.0 Å². The zero-order chi connectivity index (χ0) is 28.0. The third-order valence-electron chi connectivity index (χ3n) is 6.73. The van der Waals surface area contributed by atoms with Gasteiger partial charge in [0, 0.05) is 14.1 Å². The van der Waals surface area contributed by atoms with Crippen LogP contribution >= 0.6 is 0 Å². The lowest BCUT2D eigenvalue weighted by Crippen LogP contribution is -2.33. The van der Waals surface area contributed by atoms with Gasteiger partial charge in [-0.25, -0.2) is 15.0 Å². The number of imidazole rings is 1. The molecule has 5 rings (SSSR count). The molecule has 40 heavy (non-hydrogen) atoms. The first kappa shape index (κ1) is 27.3. The lowest BCUT2D eigenvalue weighted by molar-refractivity contribution is -0.154. The highest BCUT2D eigenvalue weighted by molar-refractivity contribution is 5.83. The molecule has 0 fully saturated rings. The summed E-state index contributed by atoms with van der Waals surface area (Å²) < 4.78 is 19.5. The number of benzene rings is 3. The summed E-state index contributed by atoms with van der Waals surface area (Å²) in [6.45, 7) is 0.634. The van der Waals surface area contributed by atoms with E-state index >= 15 is 0 Å². The maximum atomic E-state index is 10.8. The van der Waals surface area contributed by atoms with Crippen molar-refractivity contribution in [2.75, 3.05) is 39.3 Å². The number of hydrogen-bond donors (Lipinski definition) is 1. The molecule has 1 N–H and O–H groups in total. The van der Waals surface area contributed by atoms with Gasteiger partial charge in [-0.3, -0.25) is 4.57 Å². The summed E-state index contributed by atoms with van der Waals surface area (Å²) in [7, 11) is 5.41. The monoisotopic (exact) mass is 539 g/mol. The minimum Gasteiger partial charge on any atom is -0.497 e. The summed E-state index contributed by atoms with van der Waals surface area (Å²) in [5, 5.41) is 10.8. The maximum Gasteiger partial charge on any atom is 0.244 e. The van der Waals surface area contributed by atoms with Gasteiger partial charge in [0.15, 0.2) is 17.0 Å². The molecule has 5 aromatic rings. The van der Waals surface area contributed by atoms with E-state index in [9.17, 15) is 5.11 Å². The molecule has 2 aromatic heterocycles. The van der Waals surface area contributed by atoms with Gasteiger partial charge in [-0.15, -0.1) is 0 Å². The van der Waals surface area contributed by atoms with Crippen LogP contribution in [0, 0.1) is 0 Å². The van der Waals surface area contributed by atoms with Crippen LogP contribution in [0.15, 0.2) is 97.6 Å². The summed E-state index contributed by atoms with van der Waals surface area (Å²) in [4.78, 5) is 14.8. The molecule has 2 heterocycles. The van der Waals surface area contributed by atoms with Crippen molar-refractivity contribution in [3.8, 4) is 5.75 Å². The fourth-order valence-corrected chi connectivity index (χ4v) is 4.80. The molecule has 0 spiro atoms. The molecule has 1 atom stereocenters. The van der Waals surface area contributed by atoms with Crippen molar-refractivity contribution < 1.29 is 19.3 Å². The maximum absolute atomic E-state index is 10.8. The van der Waals surface area contributed by atoms with E-state index in [1.54, 1.807) is 7.11 Å². The topological polar surface area (TPSA) is 94.8 Å². The number of fused-ring (bicyclic) bond motifs is 1. The Balaban J connectivity index is 1.35. The molecule has 9 nitrogen and oxygen atoms in total. The second-order valence-electron chi connectivity index (χ2n) is 9.46. The van der Waals surface area contributed by atoms with Crippen molar-refractivity contribution in [1.29, 1.82) is 0 Å². The smallest absolute Gasteiger partial charge is 0.244 e. The molecule has 0 saturated heterocycles. The molecule has 0 aliphatic rings. The molecule has 1 unspecified atom stereocenters. The van der Waals surface area contributed by atoms with Gasteiger partial charge in [0.1, 0.15) is 24.0 Å². The Kier molecular flexibility index (Phi) is 8.35. The van der Waals surface area contributed by atoms with Crippen LogP contribution in [0.3, 0.4) is 0 Å². The molecule has 0 radical (unpaired) electrons. The Morgan fingerprint density at radius 3 is 2.05 bits per heavy atom. The summed E-state index contributed by atoms with van der Waals surface area (Å²) in [6.07, 6.45) is 2.25. The quantitative estimate of drug-likeness (QED) is 0.138. The fourth-order valence-electron chi connectivity index (χ4n) is 4.80. The standard InChI is InChI=1S/C31H33N5O4/c1-35(2)28-27-29(33-21-32-28)36(22-34-27)30(37)39-19-10-20-40-31(23-11-6-4-7-12-23,24-13-8-5-9-14-24)25-15-17-26(38-3)18-16-25/h4-9,11-18,21-22,30,37H,10,19-20H2,1-3H3.